The summed E-state index contributed by atoms with van der Waals surface area (Å²) in [7, 11) is 1.34. The summed E-state index contributed by atoms with van der Waals surface area (Å²) in [6.07, 6.45) is 0. The van der Waals surface area contributed by atoms with Gasteiger partial charge in [0.15, 0.2) is 0 Å². The molecule has 2 aromatic carbocycles. The molecule has 0 aliphatic carbocycles. The first-order valence-corrected chi connectivity index (χ1v) is 6.63. The molecule has 124 valence electrons. The molecule has 0 bridgehead atoms. The maximum atomic E-state index is 12.2. The van der Waals surface area contributed by atoms with Crippen LogP contribution in [0, 0.1) is 27.2 Å². The predicted octanol–water partition coefficient (Wildman–Crippen LogP) is 3.04. The number of carbonyl (C=O) groups excluding carboxylic acids is 1. The van der Waals surface area contributed by atoms with Gasteiger partial charge in [-0.15, -0.1) is 0 Å². The van der Waals surface area contributed by atoms with Gasteiger partial charge >= 0.3 is 11.7 Å². The number of esters is 1. The molecule has 0 heterocycles. The summed E-state index contributed by atoms with van der Waals surface area (Å²) in [6.45, 7) is 1.40. The van der Waals surface area contributed by atoms with Gasteiger partial charge < -0.3 is 9.47 Å². The Kier molecular flexibility index (Phi) is 4.73. The van der Waals surface area contributed by atoms with Crippen LogP contribution in [-0.2, 0) is 0 Å². The highest BCUT2D eigenvalue weighted by atomic mass is 16.6. The third-order valence-electron chi connectivity index (χ3n) is 3.29. The van der Waals surface area contributed by atoms with Gasteiger partial charge in [-0.3, -0.25) is 20.2 Å². The molecule has 24 heavy (non-hydrogen) atoms. The van der Waals surface area contributed by atoms with E-state index in [0.717, 1.165) is 6.07 Å². The van der Waals surface area contributed by atoms with Crippen LogP contribution in [0.15, 0.2) is 36.4 Å². The lowest BCUT2D eigenvalue weighted by Gasteiger charge is -2.08. The van der Waals surface area contributed by atoms with Gasteiger partial charge in [0.2, 0.25) is 5.75 Å². The molecular weight excluding hydrogens is 320 g/mol. The average molecular weight is 332 g/mol. The average Bonchev–Trinajstić information content (AvgIpc) is 2.54. The van der Waals surface area contributed by atoms with Crippen molar-refractivity contribution in [1.82, 2.24) is 0 Å². The van der Waals surface area contributed by atoms with E-state index < -0.39 is 21.5 Å². The lowest BCUT2D eigenvalue weighted by Crippen LogP contribution is -2.12. The zero-order chi connectivity index (χ0) is 17.9. The molecule has 0 unspecified atom stereocenters. The number of nitro groups is 2. The molecule has 0 saturated heterocycles. The van der Waals surface area contributed by atoms with Crippen molar-refractivity contribution in [1.29, 1.82) is 0 Å². The lowest BCUT2D eigenvalue weighted by atomic mass is 10.1. The third kappa shape index (κ3) is 3.29. The van der Waals surface area contributed by atoms with Crippen LogP contribution < -0.4 is 9.47 Å². The minimum Gasteiger partial charge on any atom is -0.496 e. The van der Waals surface area contributed by atoms with Crippen molar-refractivity contribution in [2.45, 2.75) is 6.92 Å². The van der Waals surface area contributed by atoms with Crippen LogP contribution in [0.5, 0.6) is 11.5 Å². The third-order valence-corrected chi connectivity index (χ3v) is 3.29. The molecule has 0 atom stereocenters. The Morgan fingerprint density at radius 3 is 2.29 bits per heavy atom. The highest BCUT2D eigenvalue weighted by molar-refractivity contribution is 5.94. The zero-order valence-electron chi connectivity index (χ0n) is 12.7. The summed E-state index contributed by atoms with van der Waals surface area (Å²) < 4.78 is 9.94. The number of nitro benzene ring substituents is 2. The van der Waals surface area contributed by atoms with E-state index >= 15 is 0 Å². The fourth-order valence-corrected chi connectivity index (χ4v) is 2.05. The van der Waals surface area contributed by atoms with Crippen molar-refractivity contribution in [3.63, 3.8) is 0 Å². The van der Waals surface area contributed by atoms with Crippen molar-refractivity contribution in [2.75, 3.05) is 7.11 Å². The van der Waals surface area contributed by atoms with E-state index in [2.05, 4.69) is 0 Å². The molecule has 2 aromatic rings. The lowest BCUT2D eigenvalue weighted by molar-refractivity contribution is -0.385. The fourth-order valence-electron chi connectivity index (χ4n) is 2.05. The van der Waals surface area contributed by atoms with Crippen LogP contribution in [0.3, 0.4) is 0 Å². The number of carbonyl (C=O) groups is 1. The summed E-state index contributed by atoms with van der Waals surface area (Å²) in [5, 5.41) is 22.0. The van der Waals surface area contributed by atoms with Crippen molar-refractivity contribution in [3.8, 4) is 11.5 Å². The molecule has 0 aromatic heterocycles. The van der Waals surface area contributed by atoms with E-state index in [0.29, 0.717) is 0 Å². The minimum absolute atomic E-state index is 0.0469. The number of methoxy groups -OCH3 is 1. The summed E-state index contributed by atoms with van der Waals surface area (Å²) >= 11 is 0. The Morgan fingerprint density at radius 1 is 1.04 bits per heavy atom. The molecule has 0 aliphatic heterocycles. The predicted molar refractivity (Wildman–Crippen MR) is 82.4 cm³/mol. The van der Waals surface area contributed by atoms with Crippen molar-refractivity contribution >= 4 is 17.3 Å². The van der Waals surface area contributed by atoms with Crippen LogP contribution in [0.25, 0.3) is 0 Å². The normalized spacial score (nSPS) is 10.1. The fraction of sp³-hybridized carbons (Fsp3) is 0.133. The minimum atomic E-state index is -0.926. The SMILES string of the molecule is COc1ccc(OC(=O)c2cccc([N+](=O)[O-])c2C)c([N+](=O)[O-])c1. The Balaban J connectivity index is 2.39. The second-order valence-electron chi connectivity index (χ2n) is 4.69. The van der Waals surface area contributed by atoms with Crippen molar-refractivity contribution in [2.24, 2.45) is 0 Å². The largest absolute Gasteiger partial charge is 0.496 e. The Bertz CT molecular complexity index is 833. The van der Waals surface area contributed by atoms with Crippen LogP contribution in [0.1, 0.15) is 15.9 Å². The van der Waals surface area contributed by atoms with E-state index in [9.17, 15) is 25.0 Å². The van der Waals surface area contributed by atoms with Crippen LogP contribution in [0.2, 0.25) is 0 Å². The number of benzene rings is 2. The second-order valence-corrected chi connectivity index (χ2v) is 4.69. The van der Waals surface area contributed by atoms with Gasteiger partial charge in [-0.1, -0.05) is 6.07 Å². The summed E-state index contributed by atoms with van der Waals surface area (Å²) in [5.74, 6) is -0.978. The van der Waals surface area contributed by atoms with E-state index in [1.165, 1.54) is 44.4 Å². The van der Waals surface area contributed by atoms with E-state index in [4.69, 9.17) is 9.47 Å². The summed E-state index contributed by atoms with van der Waals surface area (Å²) in [4.78, 5) is 32.9. The quantitative estimate of drug-likeness (QED) is 0.357. The smallest absolute Gasteiger partial charge is 0.344 e. The number of hydrogen-bond acceptors (Lipinski definition) is 7. The molecule has 0 aliphatic rings. The topological polar surface area (TPSA) is 122 Å². The van der Waals surface area contributed by atoms with Gasteiger partial charge in [0.1, 0.15) is 5.75 Å². The molecule has 2 rings (SSSR count). The number of nitrogens with zero attached hydrogens (tertiary/aromatic N) is 2. The van der Waals surface area contributed by atoms with Crippen LogP contribution in [0.4, 0.5) is 11.4 Å². The van der Waals surface area contributed by atoms with Gasteiger partial charge in [0.25, 0.3) is 5.69 Å². The van der Waals surface area contributed by atoms with Crippen molar-refractivity contribution in [3.05, 3.63) is 67.8 Å². The molecule has 0 amide bonds. The van der Waals surface area contributed by atoms with E-state index in [1.807, 2.05) is 0 Å². The van der Waals surface area contributed by atoms with Crippen LogP contribution in [-0.4, -0.2) is 22.9 Å². The monoisotopic (exact) mass is 332 g/mol. The summed E-state index contributed by atoms with van der Waals surface area (Å²) in [6, 6.07) is 7.67. The first-order valence-electron chi connectivity index (χ1n) is 6.63. The Labute approximate surface area is 135 Å². The van der Waals surface area contributed by atoms with Gasteiger partial charge in [-0.2, -0.15) is 0 Å². The van der Waals surface area contributed by atoms with Gasteiger partial charge in [0, 0.05) is 11.6 Å². The maximum absolute atomic E-state index is 12.2. The van der Waals surface area contributed by atoms with Crippen LogP contribution >= 0.6 is 0 Å². The van der Waals surface area contributed by atoms with Gasteiger partial charge in [-0.05, 0) is 25.1 Å². The molecule has 9 nitrogen and oxygen atoms in total. The van der Waals surface area contributed by atoms with Gasteiger partial charge in [-0.25, -0.2) is 4.79 Å². The van der Waals surface area contributed by atoms with Gasteiger partial charge in [0.05, 0.1) is 28.6 Å². The number of hydrogen-bond donors (Lipinski definition) is 0. The molecular formula is C15H12N2O7. The first kappa shape index (κ1) is 16.9. The van der Waals surface area contributed by atoms with E-state index in [1.54, 1.807) is 0 Å². The molecule has 0 saturated carbocycles. The van der Waals surface area contributed by atoms with E-state index in [-0.39, 0.29) is 28.3 Å². The molecule has 9 heteroatoms. The molecule has 0 spiro atoms. The van der Waals surface area contributed by atoms with Crippen molar-refractivity contribution < 1.29 is 24.1 Å². The maximum Gasteiger partial charge on any atom is 0.344 e. The molecule has 0 radical (unpaired) electrons. The molecule has 0 fully saturated rings. The summed E-state index contributed by atoms with van der Waals surface area (Å²) in [5.41, 5.74) is -0.627. The Hall–Kier alpha value is -3.49. The highest BCUT2D eigenvalue weighted by Gasteiger charge is 2.23. The zero-order valence-corrected chi connectivity index (χ0v) is 12.7. The first-order chi connectivity index (χ1) is 11.3. The second kappa shape index (κ2) is 6.73. The molecule has 0 N–H and O–H groups in total. The Morgan fingerprint density at radius 2 is 1.71 bits per heavy atom. The number of ether oxygens (including phenoxy) is 2. The number of rotatable bonds is 5. The highest BCUT2D eigenvalue weighted by Crippen LogP contribution is 2.32. The standard InChI is InChI=1S/C15H12N2O7/c1-9-11(4-3-5-12(9)16(19)20)15(18)24-14-7-6-10(23-2)8-13(14)17(21)22/h3-8H,1-2H3.